The van der Waals surface area contributed by atoms with Gasteiger partial charge in [-0.05, 0) is 37.5 Å². The summed E-state index contributed by atoms with van der Waals surface area (Å²) in [5.74, 6) is 0.0473. The Morgan fingerprint density at radius 1 is 1.27 bits per heavy atom. The highest BCUT2D eigenvalue weighted by Gasteiger charge is 2.30. The second-order valence-electron chi connectivity index (χ2n) is 7.46. The predicted molar refractivity (Wildman–Crippen MR) is 110 cm³/mol. The molecule has 0 aromatic heterocycles. The molecule has 30 heavy (non-hydrogen) atoms. The van der Waals surface area contributed by atoms with Crippen LogP contribution in [0.15, 0.2) is 12.1 Å². The molecule has 8 nitrogen and oxygen atoms in total. The molecule has 0 radical (unpaired) electrons. The fourth-order valence-corrected chi connectivity index (χ4v) is 3.91. The molecule has 9 heteroatoms. The minimum Gasteiger partial charge on any atom is -0.486 e. The second kappa shape index (κ2) is 10.0. The summed E-state index contributed by atoms with van der Waals surface area (Å²) in [6.45, 7) is 3.81. The lowest BCUT2D eigenvalue weighted by atomic mass is 9.98. The summed E-state index contributed by atoms with van der Waals surface area (Å²) in [5.41, 5.74) is 0.689. The van der Waals surface area contributed by atoms with E-state index in [1.54, 1.807) is 31.0 Å². The molecular formula is C21H27ClN2O6. The van der Waals surface area contributed by atoms with Crippen molar-refractivity contribution in [2.75, 3.05) is 46.5 Å². The Morgan fingerprint density at radius 2 is 2.03 bits per heavy atom. The van der Waals surface area contributed by atoms with E-state index in [1.807, 2.05) is 0 Å². The number of ether oxygens (including phenoxy) is 3. The minimum atomic E-state index is -0.302. The third-order valence-corrected chi connectivity index (χ3v) is 5.48. The number of carbonyl (C=O) groups excluding carboxylic acids is 3. The van der Waals surface area contributed by atoms with Gasteiger partial charge in [0.1, 0.15) is 13.2 Å². The SMILES string of the molecule is CCOC(=O)C1CCCN(C(=O)CN(C)C(=O)Cc2cc(Cl)c3c(c2)OCCO3)C1. The van der Waals surface area contributed by atoms with E-state index in [9.17, 15) is 14.4 Å². The van der Waals surface area contributed by atoms with E-state index < -0.39 is 0 Å². The Bertz CT molecular complexity index is 815. The Hall–Kier alpha value is -2.48. The lowest BCUT2D eigenvalue weighted by molar-refractivity contribution is -0.152. The number of likely N-dealkylation sites (tertiary alicyclic amines) is 1. The molecule has 0 N–H and O–H groups in total. The maximum atomic E-state index is 12.7. The van der Waals surface area contributed by atoms with Crippen LogP contribution in [0.2, 0.25) is 5.02 Å². The summed E-state index contributed by atoms with van der Waals surface area (Å²) < 4.78 is 16.1. The number of hydrogen-bond donors (Lipinski definition) is 0. The van der Waals surface area contributed by atoms with Crippen LogP contribution in [-0.2, 0) is 25.5 Å². The number of carbonyl (C=O) groups is 3. The quantitative estimate of drug-likeness (QED) is 0.631. The standard InChI is InChI=1S/C21H27ClN2O6/c1-3-28-21(27)15-5-4-6-24(12-15)19(26)13-23(2)18(25)11-14-9-16(22)20-17(10-14)29-7-8-30-20/h9-10,15H,3-8,11-13H2,1-2H3. The summed E-state index contributed by atoms with van der Waals surface area (Å²) in [4.78, 5) is 40.3. The molecule has 1 saturated heterocycles. The van der Waals surface area contributed by atoms with Crippen LogP contribution in [0.5, 0.6) is 11.5 Å². The van der Waals surface area contributed by atoms with Crippen LogP contribution in [0.1, 0.15) is 25.3 Å². The maximum absolute atomic E-state index is 12.7. The first-order chi connectivity index (χ1) is 14.4. The van der Waals surface area contributed by atoms with Gasteiger partial charge in [0.25, 0.3) is 0 Å². The molecule has 2 aliphatic heterocycles. The summed E-state index contributed by atoms with van der Waals surface area (Å²) in [7, 11) is 1.59. The van der Waals surface area contributed by atoms with E-state index in [4.69, 9.17) is 25.8 Å². The summed E-state index contributed by atoms with van der Waals surface area (Å²) >= 11 is 6.23. The topological polar surface area (TPSA) is 85.4 Å². The van der Waals surface area contributed by atoms with Gasteiger partial charge < -0.3 is 24.0 Å². The summed E-state index contributed by atoms with van der Waals surface area (Å²) in [6.07, 6.45) is 1.54. The van der Waals surface area contributed by atoms with Gasteiger partial charge in [0.15, 0.2) is 11.5 Å². The Morgan fingerprint density at radius 3 is 2.80 bits per heavy atom. The fourth-order valence-electron chi connectivity index (χ4n) is 3.62. The lowest BCUT2D eigenvalue weighted by Crippen LogP contribution is -2.47. The molecular weight excluding hydrogens is 412 g/mol. The van der Waals surface area contributed by atoms with E-state index in [0.29, 0.717) is 61.4 Å². The minimum absolute atomic E-state index is 0.0489. The van der Waals surface area contributed by atoms with Gasteiger partial charge >= 0.3 is 5.97 Å². The van der Waals surface area contributed by atoms with Crippen molar-refractivity contribution >= 4 is 29.4 Å². The molecule has 0 saturated carbocycles. The third kappa shape index (κ3) is 5.36. The van der Waals surface area contributed by atoms with Crippen molar-refractivity contribution in [3.05, 3.63) is 22.7 Å². The monoisotopic (exact) mass is 438 g/mol. The molecule has 0 aliphatic carbocycles. The van der Waals surface area contributed by atoms with Crippen molar-refractivity contribution in [2.45, 2.75) is 26.2 Å². The zero-order chi connectivity index (χ0) is 21.7. The molecule has 164 valence electrons. The van der Waals surface area contributed by atoms with Crippen LogP contribution in [0, 0.1) is 5.92 Å². The zero-order valence-corrected chi connectivity index (χ0v) is 18.1. The molecule has 2 heterocycles. The molecule has 3 rings (SSSR count). The van der Waals surface area contributed by atoms with Crippen molar-refractivity contribution in [1.82, 2.24) is 9.80 Å². The average molecular weight is 439 g/mol. The van der Waals surface area contributed by atoms with Crippen LogP contribution < -0.4 is 9.47 Å². The van der Waals surface area contributed by atoms with Gasteiger partial charge in [0, 0.05) is 20.1 Å². The highest BCUT2D eigenvalue weighted by molar-refractivity contribution is 6.32. The molecule has 1 unspecified atom stereocenters. The number of esters is 1. The van der Waals surface area contributed by atoms with Gasteiger partial charge in [0.05, 0.1) is 30.5 Å². The van der Waals surface area contributed by atoms with Crippen molar-refractivity contribution in [2.24, 2.45) is 5.92 Å². The normalized spacial score (nSPS) is 18.0. The lowest BCUT2D eigenvalue weighted by Gasteiger charge is -2.32. The molecule has 1 aromatic rings. The van der Waals surface area contributed by atoms with Crippen LogP contribution in [0.25, 0.3) is 0 Å². The fraction of sp³-hybridized carbons (Fsp3) is 0.571. The predicted octanol–water partition coefficient (Wildman–Crippen LogP) is 1.91. The Balaban J connectivity index is 1.55. The number of nitrogens with zero attached hydrogens (tertiary/aromatic N) is 2. The molecule has 1 aromatic carbocycles. The Labute approximate surface area is 181 Å². The summed E-state index contributed by atoms with van der Waals surface area (Å²) in [6, 6.07) is 3.42. The number of hydrogen-bond acceptors (Lipinski definition) is 6. The van der Waals surface area contributed by atoms with Gasteiger partial charge in [-0.2, -0.15) is 0 Å². The van der Waals surface area contributed by atoms with Crippen LogP contribution in [0.4, 0.5) is 0 Å². The number of amides is 2. The molecule has 0 spiro atoms. The van der Waals surface area contributed by atoms with Crippen molar-refractivity contribution < 1.29 is 28.6 Å². The number of likely N-dealkylation sites (N-methyl/N-ethyl adjacent to an activating group) is 1. The smallest absolute Gasteiger partial charge is 0.310 e. The second-order valence-corrected chi connectivity index (χ2v) is 7.87. The highest BCUT2D eigenvalue weighted by Crippen LogP contribution is 2.38. The zero-order valence-electron chi connectivity index (χ0n) is 17.3. The highest BCUT2D eigenvalue weighted by atomic mass is 35.5. The van der Waals surface area contributed by atoms with Crippen molar-refractivity contribution in [3.8, 4) is 11.5 Å². The average Bonchev–Trinajstić information content (AvgIpc) is 2.74. The van der Waals surface area contributed by atoms with E-state index in [1.165, 1.54) is 4.90 Å². The van der Waals surface area contributed by atoms with Gasteiger partial charge in [0.2, 0.25) is 11.8 Å². The number of rotatable bonds is 6. The van der Waals surface area contributed by atoms with Gasteiger partial charge in [-0.1, -0.05) is 11.6 Å². The van der Waals surface area contributed by atoms with Crippen molar-refractivity contribution in [3.63, 3.8) is 0 Å². The van der Waals surface area contributed by atoms with Gasteiger partial charge in [-0.25, -0.2) is 0 Å². The number of halogens is 1. The van der Waals surface area contributed by atoms with Crippen LogP contribution >= 0.6 is 11.6 Å². The molecule has 1 fully saturated rings. The maximum Gasteiger partial charge on any atom is 0.310 e. The number of fused-ring (bicyclic) bond motifs is 1. The molecule has 1 atom stereocenters. The van der Waals surface area contributed by atoms with Crippen LogP contribution in [-0.4, -0.2) is 74.1 Å². The molecule has 0 bridgehead atoms. The molecule has 2 aliphatic rings. The first-order valence-electron chi connectivity index (χ1n) is 10.2. The van der Waals surface area contributed by atoms with E-state index >= 15 is 0 Å². The first kappa shape index (κ1) is 22.2. The third-order valence-electron chi connectivity index (χ3n) is 5.20. The first-order valence-corrected chi connectivity index (χ1v) is 10.5. The van der Waals surface area contributed by atoms with E-state index in [-0.39, 0.29) is 36.7 Å². The van der Waals surface area contributed by atoms with Crippen molar-refractivity contribution in [1.29, 1.82) is 0 Å². The number of benzene rings is 1. The van der Waals surface area contributed by atoms with Gasteiger partial charge in [-0.15, -0.1) is 0 Å². The largest absolute Gasteiger partial charge is 0.486 e. The van der Waals surface area contributed by atoms with Gasteiger partial charge in [-0.3, -0.25) is 14.4 Å². The van der Waals surface area contributed by atoms with E-state index in [2.05, 4.69) is 0 Å². The number of piperidine rings is 1. The Kier molecular flexibility index (Phi) is 7.42. The van der Waals surface area contributed by atoms with Crippen LogP contribution in [0.3, 0.4) is 0 Å². The van der Waals surface area contributed by atoms with E-state index in [0.717, 1.165) is 6.42 Å². The summed E-state index contributed by atoms with van der Waals surface area (Å²) in [5, 5.41) is 0.395. The molecule has 2 amide bonds.